The normalized spacial score (nSPS) is 12.6. The lowest BCUT2D eigenvalue weighted by atomic mass is 9.82. The Morgan fingerprint density at radius 3 is 1.65 bits per heavy atom. The fourth-order valence-corrected chi connectivity index (χ4v) is 9.72. The molecule has 1 aliphatic carbocycles. The topological polar surface area (TPSA) is 3.24 Å². The van der Waals surface area contributed by atoms with Crippen LogP contribution in [0.4, 0.5) is 17.1 Å². The average molecular weight is 766 g/mol. The zero-order valence-electron chi connectivity index (χ0n) is 33.8. The summed E-state index contributed by atoms with van der Waals surface area (Å²) in [6, 6.07) is 82.6. The molecule has 1 heteroatoms. The highest BCUT2D eigenvalue weighted by molar-refractivity contribution is 6.16. The molecule has 60 heavy (non-hydrogen) atoms. The molecule has 0 radical (unpaired) electrons. The summed E-state index contributed by atoms with van der Waals surface area (Å²) in [7, 11) is 0. The maximum atomic E-state index is 2.51. The lowest BCUT2D eigenvalue weighted by Gasteiger charge is -2.31. The summed E-state index contributed by atoms with van der Waals surface area (Å²) in [4.78, 5) is 2.51. The van der Waals surface area contributed by atoms with E-state index in [4.69, 9.17) is 0 Å². The molecule has 11 rings (SSSR count). The van der Waals surface area contributed by atoms with E-state index < -0.39 is 0 Å². The molecule has 10 aromatic rings. The van der Waals surface area contributed by atoms with Gasteiger partial charge >= 0.3 is 0 Å². The molecule has 0 saturated carbocycles. The first-order valence-electron chi connectivity index (χ1n) is 20.9. The van der Waals surface area contributed by atoms with Gasteiger partial charge in [0.05, 0.1) is 5.69 Å². The number of nitrogens with zero attached hydrogens (tertiary/aromatic N) is 1. The summed E-state index contributed by atoms with van der Waals surface area (Å²) < 4.78 is 0. The van der Waals surface area contributed by atoms with Crippen molar-refractivity contribution < 1.29 is 0 Å². The Morgan fingerprint density at radius 1 is 0.317 bits per heavy atom. The third-order valence-electron chi connectivity index (χ3n) is 12.6. The standard InChI is InChI=1S/C59H43N/c1-59(2)55-32-14-13-30-52(55)53-35-34-47(39-56(53)59)60(46-26-16-24-43(37-46)41-20-7-4-8-21-41)57-33-17-31-49(44-25-15-23-42(36-44)40-18-5-3-6-19-40)58(57)54-38-45-22-9-10-27-48(45)50-28-11-12-29-51(50)54/h3-39H,1-2H3. The van der Waals surface area contributed by atoms with Crippen LogP contribution >= 0.6 is 0 Å². The Balaban J connectivity index is 1.23. The van der Waals surface area contributed by atoms with E-state index in [1.165, 1.54) is 88.3 Å². The van der Waals surface area contributed by atoms with Crippen molar-refractivity contribution in [3.8, 4) is 55.6 Å². The molecule has 1 aliphatic rings. The van der Waals surface area contributed by atoms with Gasteiger partial charge in [0.2, 0.25) is 0 Å². The van der Waals surface area contributed by atoms with E-state index in [0.717, 1.165) is 17.1 Å². The molecule has 0 fully saturated rings. The summed E-state index contributed by atoms with van der Waals surface area (Å²) >= 11 is 0. The van der Waals surface area contributed by atoms with E-state index in [1.807, 2.05) is 0 Å². The number of benzene rings is 10. The largest absolute Gasteiger partial charge is 0.310 e. The molecule has 0 bridgehead atoms. The Hall–Kier alpha value is -7.48. The van der Waals surface area contributed by atoms with Crippen molar-refractivity contribution in [3.05, 3.63) is 236 Å². The zero-order chi connectivity index (χ0) is 40.2. The van der Waals surface area contributed by atoms with Crippen molar-refractivity contribution in [2.75, 3.05) is 4.90 Å². The van der Waals surface area contributed by atoms with Gasteiger partial charge in [0.25, 0.3) is 0 Å². The van der Waals surface area contributed by atoms with Crippen molar-refractivity contribution in [1.82, 2.24) is 0 Å². The van der Waals surface area contributed by atoms with Crippen LogP contribution in [-0.4, -0.2) is 0 Å². The summed E-state index contributed by atoms with van der Waals surface area (Å²) in [5, 5.41) is 4.96. The van der Waals surface area contributed by atoms with E-state index in [2.05, 4.69) is 243 Å². The van der Waals surface area contributed by atoms with Crippen molar-refractivity contribution in [2.24, 2.45) is 0 Å². The van der Waals surface area contributed by atoms with Crippen LogP contribution < -0.4 is 4.90 Å². The van der Waals surface area contributed by atoms with Crippen LogP contribution in [0.5, 0.6) is 0 Å². The van der Waals surface area contributed by atoms with Gasteiger partial charge in [0.1, 0.15) is 0 Å². The Bertz CT molecular complexity index is 3230. The minimum atomic E-state index is -0.156. The lowest BCUT2D eigenvalue weighted by molar-refractivity contribution is 0.660. The first kappa shape index (κ1) is 35.7. The molecule has 0 atom stereocenters. The van der Waals surface area contributed by atoms with Gasteiger partial charge in [-0.05, 0) is 125 Å². The summed E-state index contributed by atoms with van der Waals surface area (Å²) in [6.45, 7) is 4.74. The fraction of sp³-hybridized carbons (Fsp3) is 0.0508. The highest BCUT2D eigenvalue weighted by Gasteiger charge is 2.36. The molecule has 0 spiro atoms. The lowest BCUT2D eigenvalue weighted by Crippen LogP contribution is -2.17. The van der Waals surface area contributed by atoms with Crippen LogP contribution in [0.1, 0.15) is 25.0 Å². The van der Waals surface area contributed by atoms with Crippen LogP contribution in [0.2, 0.25) is 0 Å². The molecule has 0 amide bonds. The van der Waals surface area contributed by atoms with Crippen LogP contribution in [0.25, 0.3) is 77.2 Å². The van der Waals surface area contributed by atoms with Gasteiger partial charge in [-0.15, -0.1) is 0 Å². The molecule has 0 aromatic heterocycles. The van der Waals surface area contributed by atoms with Gasteiger partial charge in [-0.1, -0.05) is 196 Å². The van der Waals surface area contributed by atoms with Gasteiger partial charge in [0, 0.05) is 22.4 Å². The van der Waals surface area contributed by atoms with Crippen molar-refractivity contribution >= 4 is 38.6 Å². The molecule has 10 aromatic carbocycles. The van der Waals surface area contributed by atoms with E-state index in [9.17, 15) is 0 Å². The summed E-state index contributed by atoms with van der Waals surface area (Å²) in [6.07, 6.45) is 0. The average Bonchev–Trinajstić information content (AvgIpc) is 3.54. The second-order valence-electron chi connectivity index (χ2n) is 16.5. The predicted octanol–water partition coefficient (Wildman–Crippen LogP) is 16.4. The molecule has 1 nitrogen and oxygen atoms in total. The number of hydrogen-bond donors (Lipinski definition) is 0. The SMILES string of the molecule is CC1(C)c2ccccc2-c2ccc(N(c3cccc(-c4ccccc4)c3)c3cccc(-c4cccc(-c5ccccc5)c4)c3-c3cc4ccccc4c4ccccc34)cc21. The number of hydrogen-bond acceptors (Lipinski definition) is 1. The van der Waals surface area contributed by atoms with Crippen LogP contribution in [0.15, 0.2) is 224 Å². The molecule has 0 aliphatic heterocycles. The molecular weight excluding hydrogens is 723 g/mol. The predicted molar refractivity (Wildman–Crippen MR) is 255 cm³/mol. The highest BCUT2D eigenvalue weighted by Crippen LogP contribution is 2.53. The van der Waals surface area contributed by atoms with Crippen LogP contribution in [-0.2, 0) is 5.41 Å². The third-order valence-corrected chi connectivity index (χ3v) is 12.6. The highest BCUT2D eigenvalue weighted by atomic mass is 15.1. The molecule has 0 heterocycles. The minimum Gasteiger partial charge on any atom is -0.310 e. The smallest absolute Gasteiger partial charge is 0.0546 e. The van der Waals surface area contributed by atoms with E-state index in [0.29, 0.717) is 0 Å². The molecule has 0 unspecified atom stereocenters. The molecule has 284 valence electrons. The summed E-state index contributed by atoms with van der Waals surface area (Å²) in [5.41, 5.74) is 18.1. The monoisotopic (exact) mass is 765 g/mol. The van der Waals surface area contributed by atoms with Gasteiger partial charge in [-0.3, -0.25) is 0 Å². The maximum Gasteiger partial charge on any atom is 0.0546 e. The zero-order valence-corrected chi connectivity index (χ0v) is 33.8. The van der Waals surface area contributed by atoms with Crippen LogP contribution in [0, 0.1) is 0 Å². The second-order valence-corrected chi connectivity index (χ2v) is 16.5. The quantitative estimate of drug-likeness (QED) is 0.146. The second kappa shape index (κ2) is 14.4. The minimum absolute atomic E-state index is 0.156. The molecule has 0 N–H and O–H groups in total. The molecule has 0 saturated heterocycles. The number of rotatable bonds is 7. The van der Waals surface area contributed by atoms with Crippen LogP contribution in [0.3, 0.4) is 0 Å². The number of fused-ring (bicyclic) bond motifs is 6. The maximum absolute atomic E-state index is 2.51. The van der Waals surface area contributed by atoms with Gasteiger partial charge in [0.15, 0.2) is 0 Å². The van der Waals surface area contributed by atoms with E-state index >= 15 is 0 Å². The van der Waals surface area contributed by atoms with Gasteiger partial charge in [-0.2, -0.15) is 0 Å². The Kier molecular flexibility index (Phi) is 8.57. The first-order chi connectivity index (χ1) is 29.5. The summed E-state index contributed by atoms with van der Waals surface area (Å²) in [5.74, 6) is 0. The Morgan fingerprint density at radius 2 is 0.867 bits per heavy atom. The Labute approximate surface area is 352 Å². The number of anilines is 3. The van der Waals surface area contributed by atoms with Crippen molar-refractivity contribution in [3.63, 3.8) is 0 Å². The third kappa shape index (κ3) is 5.93. The van der Waals surface area contributed by atoms with E-state index in [1.54, 1.807) is 0 Å². The fourth-order valence-electron chi connectivity index (χ4n) is 9.72. The van der Waals surface area contributed by atoms with Gasteiger partial charge < -0.3 is 4.90 Å². The van der Waals surface area contributed by atoms with Gasteiger partial charge in [-0.25, -0.2) is 0 Å². The first-order valence-corrected chi connectivity index (χ1v) is 20.9. The van der Waals surface area contributed by atoms with E-state index in [-0.39, 0.29) is 5.41 Å². The van der Waals surface area contributed by atoms with Crippen molar-refractivity contribution in [1.29, 1.82) is 0 Å². The molecular formula is C59H43N. The van der Waals surface area contributed by atoms with Crippen molar-refractivity contribution in [2.45, 2.75) is 19.3 Å².